The smallest absolute Gasteiger partial charge is 0.220 e. The summed E-state index contributed by atoms with van der Waals surface area (Å²) in [5.41, 5.74) is 0. The average Bonchev–Trinajstić information content (AvgIpc) is 3.59. The maximum atomic E-state index is 13.3. The van der Waals surface area contributed by atoms with Crippen LogP contribution >= 0.6 is 0 Å². The average molecular weight is 1200 g/mol. The van der Waals surface area contributed by atoms with Crippen molar-refractivity contribution < 1.29 is 64.6 Å². The van der Waals surface area contributed by atoms with Gasteiger partial charge in [0.15, 0.2) is 12.6 Å². The van der Waals surface area contributed by atoms with Crippen molar-refractivity contribution >= 4 is 5.91 Å². The second kappa shape index (κ2) is 55.5. The van der Waals surface area contributed by atoms with Crippen LogP contribution in [-0.4, -0.2) is 140 Å². The van der Waals surface area contributed by atoms with E-state index in [0.717, 1.165) is 57.8 Å². The van der Waals surface area contributed by atoms with Gasteiger partial charge in [-0.3, -0.25) is 4.79 Å². The number of nitrogens with one attached hydrogen (secondary N) is 1. The summed E-state index contributed by atoms with van der Waals surface area (Å²) in [6.07, 6.45) is 52.4. The summed E-state index contributed by atoms with van der Waals surface area (Å²) in [7, 11) is 0. The lowest BCUT2D eigenvalue weighted by atomic mass is 9.97. The predicted molar refractivity (Wildman–Crippen MR) is 342 cm³/mol. The van der Waals surface area contributed by atoms with Gasteiger partial charge in [0.2, 0.25) is 5.91 Å². The minimum absolute atomic E-state index is 0.201. The molecule has 496 valence electrons. The van der Waals surface area contributed by atoms with E-state index in [0.29, 0.717) is 12.8 Å². The Morgan fingerprint density at radius 3 is 1.19 bits per heavy atom. The highest BCUT2D eigenvalue weighted by molar-refractivity contribution is 5.76. The third kappa shape index (κ3) is 39.5. The van der Waals surface area contributed by atoms with Crippen LogP contribution < -0.4 is 5.32 Å². The van der Waals surface area contributed by atoms with Gasteiger partial charge in [-0.15, -0.1) is 0 Å². The molecule has 12 atom stereocenters. The van der Waals surface area contributed by atoms with Crippen LogP contribution in [0.25, 0.3) is 0 Å². The molecule has 84 heavy (non-hydrogen) atoms. The van der Waals surface area contributed by atoms with Crippen molar-refractivity contribution in [3.05, 3.63) is 24.3 Å². The number of aliphatic hydroxyl groups is 8. The normalized spacial score (nSPS) is 23.7. The molecule has 0 aliphatic carbocycles. The fourth-order valence-electron chi connectivity index (χ4n) is 12.0. The first kappa shape index (κ1) is 78.6. The molecule has 0 bridgehead atoms. The van der Waals surface area contributed by atoms with Crippen LogP contribution in [0.5, 0.6) is 0 Å². The molecule has 0 aromatic heterocycles. The van der Waals surface area contributed by atoms with Crippen LogP contribution in [-0.2, 0) is 23.7 Å². The molecular weight excluding hydrogens is 1060 g/mol. The number of allylic oxidation sites excluding steroid dienone is 4. The van der Waals surface area contributed by atoms with Crippen LogP contribution in [0.2, 0.25) is 0 Å². The Kier molecular flexibility index (Phi) is 51.9. The first-order valence-corrected chi connectivity index (χ1v) is 35.6. The number of unbranched alkanes of at least 4 members (excludes halogenated alkanes) is 42. The molecule has 2 fully saturated rings. The van der Waals surface area contributed by atoms with E-state index in [2.05, 4.69) is 43.5 Å². The van der Waals surface area contributed by atoms with Gasteiger partial charge in [0.05, 0.1) is 32.0 Å². The monoisotopic (exact) mass is 1200 g/mol. The van der Waals surface area contributed by atoms with Crippen LogP contribution in [0.4, 0.5) is 0 Å². The van der Waals surface area contributed by atoms with Gasteiger partial charge < -0.3 is 65.1 Å². The predicted octanol–water partition coefficient (Wildman–Crippen LogP) is 14.3. The minimum Gasteiger partial charge on any atom is -0.394 e. The lowest BCUT2D eigenvalue weighted by molar-refractivity contribution is -0.359. The van der Waals surface area contributed by atoms with E-state index in [1.54, 1.807) is 0 Å². The molecule has 12 unspecified atom stereocenters. The van der Waals surface area contributed by atoms with Crippen molar-refractivity contribution in [2.45, 2.75) is 396 Å². The Bertz CT molecular complexity index is 1500. The van der Waals surface area contributed by atoms with Crippen LogP contribution in [0.15, 0.2) is 24.3 Å². The second-order valence-corrected chi connectivity index (χ2v) is 25.4. The van der Waals surface area contributed by atoms with E-state index in [-0.39, 0.29) is 12.5 Å². The zero-order valence-corrected chi connectivity index (χ0v) is 53.9. The summed E-state index contributed by atoms with van der Waals surface area (Å²) in [4.78, 5) is 13.3. The molecule has 2 rings (SSSR count). The first-order valence-electron chi connectivity index (χ1n) is 35.6. The molecule has 14 heteroatoms. The van der Waals surface area contributed by atoms with Gasteiger partial charge in [-0.25, -0.2) is 0 Å². The Hall–Kier alpha value is -1.53. The molecule has 0 spiro atoms. The number of aliphatic hydroxyl groups excluding tert-OH is 8. The Morgan fingerprint density at radius 2 is 0.786 bits per heavy atom. The standard InChI is InChI=1S/C70H133NO13/c1-3-5-7-9-11-13-15-16-17-18-19-20-21-22-23-24-25-26-27-28-29-30-31-32-33-34-35-36-37-38-39-40-41-42-44-46-48-50-52-54-62(75)71-58(59(74)53-51-49-47-45-43-14-12-10-8-6-4-2)57-81-69-67(80)65(78)68(61(56-73)83-69)84-70-66(79)64(77)63(76)60(55-72)82-70/h15-16,18-19,58-61,63-70,72-74,76-80H,3-14,17,20-57H2,1-2H3,(H,71,75)/b16-15-,19-18-. The minimum atomic E-state index is -1.78. The molecule has 9 N–H and O–H groups in total. The van der Waals surface area contributed by atoms with Gasteiger partial charge in [0.25, 0.3) is 0 Å². The number of rotatable bonds is 59. The number of carbonyl (C=O) groups excluding carboxylic acids is 1. The van der Waals surface area contributed by atoms with E-state index < -0.39 is 86.8 Å². The van der Waals surface area contributed by atoms with Gasteiger partial charge in [-0.1, -0.05) is 295 Å². The zero-order chi connectivity index (χ0) is 60.9. The summed E-state index contributed by atoms with van der Waals surface area (Å²) in [5, 5.41) is 87.3. The van der Waals surface area contributed by atoms with Crippen LogP contribution in [0, 0.1) is 0 Å². The summed E-state index contributed by atoms with van der Waals surface area (Å²) < 4.78 is 22.8. The van der Waals surface area contributed by atoms with Crippen molar-refractivity contribution in [3.63, 3.8) is 0 Å². The van der Waals surface area contributed by atoms with Crippen molar-refractivity contribution in [2.75, 3.05) is 19.8 Å². The summed E-state index contributed by atoms with van der Waals surface area (Å²) >= 11 is 0. The fraction of sp³-hybridized carbons (Fsp3) is 0.929. The number of amides is 1. The maximum absolute atomic E-state index is 13.3. The van der Waals surface area contributed by atoms with Crippen molar-refractivity contribution in [2.24, 2.45) is 0 Å². The molecule has 0 aromatic rings. The highest BCUT2D eigenvalue weighted by Gasteiger charge is 2.51. The maximum Gasteiger partial charge on any atom is 0.220 e. The Morgan fingerprint density at radius 1 is 0.429 bits per heavy atom. The highest BCUT2D eigenvalue weighted by atomic mass is 16.7. The molecule has 0 saturated carbocycles. The van der Waals surface area contributed by atoms with Gasteiger partial charge in [-0.2, -0.15) is 0 Å². The van der Waals surface area contributed by atoms with Crippen molar-refractivity contribution in [1.82, 2.24) is 5.32 Å². The topological polar surface area (TPSA) is 228 Å². The third-order valence-electron chi connectivity index (χ3n) is 17.7. The van der Waals surface area contributed by atoms with Crippen molar-refractivity contribution in [1.29, 1.82) is 0 Å². The number of hydrogen-bond donors (Lipinski definition) is 9. The Balaban J connectivity index is 1.52. The molecule has 1 amide bonds. The van der Waals surface area contributed by atoms with E-state index in [1.165, 1.54) is 238 Å². The SMILES string of the molecule is CCCCCCC/C=C\C/C=C\CCCCCCCCCCCCCCCCCCCCCCCCCCCCCC(=O)NC(COC1OC(CO)C(OC2OC(CO)C(O)C(O)C2O)C(O)C1O)C(O)CCCCCCCCCCCCC. The third-order valence-corrected chi connectivity index (χ3v) is 17.7. The summed E-state index contributed by atoms with van der Waals surface area (Å²) in [5.74, 6) is -0.201. The molecule has 2 saturated heterocycles. The lowest BCUT2D eigenvalue weighted by Gasteiger charge is -2.46. The molecule has 2 aliphatic heterocycles. The van der Waals surface area contributed by atoms with E-state index in [1.807, 2.05) is 0 Å². The van der Waals surface area contributed by atoms with Crippen molar-refractivity contribution in [3.8, 4) is 0 Å². The fourth-order valence-corrected chi connectivity index (χ4v) is 12.0. The quantitative estimate of drug-likeness (QED) is 0.0204. The largest absolute Gasteiger partial charge is 0.394 e. The molecule has 14 nitrogen and oxygen atoms in total. The Labute approximate surface area is 513 Å². The van der Waals surface area contributed by atoms with Gasteiger partial charge in [0, 0.05) is 6.42 Å². The van der Waals surface area contributed by atoms with Gasteiger partial charge >= 0.3 is 0 Å². The van der Waals surface area contributed by atoms with E-state index in [4.69, 9.17) is 18.9 Å². The first-order chi connectivity index (χ1) is 41.1. The molecule has 2 heterocycles. The zero-order valence-electron chi connectivity index (χ0n) is 53.9. The summed E-state index contributed by atoms with van der Waals surface area (Å²) in [6, 6.07) is -0.824. The number of hydrogen-bond acceptors (Lipinski definition) is 13. The molecule has 0 aromatic carbocycles. The molecule has 0 radical (unpaired) electrons. The number of ether oxygens (including phenoxy) is 4. The van der Waals surface area contributed by atoms with Crippen LogP contribution in [0.1, 0.15) is 322 Å². The molecule has 2 aliphatic rings. The van der Waals surface area contributed by atoms with Crippen LogP contribution in [0.3, 0.4) is 0 Å². The summed E-state index contributed by atoms with van der Waals surface area (Å²) in [6.45, 7) is 2.87. The lowest BCUT2D eigenvalue weighted by Crippen LogP contribution is -2.65. The van der Waals surface area contributed by atoms with Gasteiger partial charge in [0.1, 0.15) is 48.8 Å². The van der Waals surface area contributed by atoms with E-state index in [9.17, 15) is 45.6 Å². The number of carbonyl (C=O) groups is 1. The highest BCUT2D eigenvalue weighted by Crippen LogP contribution is 2.30. The van der Waals surface area contributed by atoms with E-state index >= 15 is 0 Å². The van der Waals surface area contributed by atoms with Gasteiger partial charge in [-0.05, 0) is 44.9 Å². The second-order valence-electron chi connectivity index (χ2n) is 25.4. The molecular formula is C70H133NO13.